The van der Waals surface area contributed by atoms with Crippen LogP contribution < -0.4 is 0 Å². The minimum Gasteiger partial charge on any atom is -0.342 e. The summed E-state index contributed by atoms with van der Waals surface area (Å²) in [5, 5.41) is 14.5. The molecule has 1 atom stereocenters. The summed E-state index contributed by atoms with van der Waals surface area (Å²) in [6, 6.07) is 4.07. The highest BCUT2D eigenvalue weighted by Gasteiger charge is 2.21. The molecule has 6 nitrogen and oxygen atoms in total. The third-order valence-corrected chi connectivity index (χ3v) is 5.52. The number of carbonyl (C=O) groups is 1. The number of aromatic nitrogens is 4. The number of tetrazole rings is 1. The van der Waals surface area contributed by atoms with Crippen LogP contribution in [0.4, 0.5) is 0 Å². The van der Waals surface area contributed by atoms with Gasteiger partial charge in [-0.15, -0.1) is 16.4 Å². The van der Waals surface area contributed by atoms with Crippen LogP contribution in [0.25, 0.3) is 0 Å². The number of nitrogens with zero attached hydrogens (tertiary/aromatic N) is 5. The smallest absolute Gasteiger partial charge is 0.233 e. The summed E-state index contributed by atoms with van der Waals surface area (Å²) >= 11 is 3.10. The minimum atomic E-state index is 0.183. The van der Waals surface area contributed by atoms with E-state index in [1.54, 1.807) is 16.0 Å². The molecule has 0 radical (unpaired) electrons. The van der Waals surface area contributed by atoms with Gasteiger partial charge in [0, 0.05) is 18.0 Å². The predicted octanol–water partition coefficient (Wildman–Crippen LogP) is 2.13. The third kappa shape index (κ3) is 3.86. The molecule has 8 heteroatoms. The Bertz CT molecular complexity index is 613. The quantitative estimate of drug-likeness (QED) is 0.782. The van der Waals surface area contributed by atoms with Crippen molar-refractivity contribution in [2.24, 2.45) is 5.92 Å². The van der Waals surface area contributed by atoms with Crippen LogP contribution in [0.2, 0.25) is 0 Å². The molecule has 0 spiro atoms. The zero-order valence-electron chi connectivity index (χ0n) is 12.5. The zero-order chi connectivity index (χ0) is 15.4. The van der Waals surface area contributed by atoms with Gasteiger partial charge in [0.2, 0.25) is 11.1 Å². The Kier molecular flexibility index (Phi) is 5.09. The average Bonchev–Trinajstić information content (AvgIpc) is 3.17. The van der Waals surface area contributed by atoms with E-state index in [9.17, 15) is 4.79 Å². The fourth-order valence-corrected chi connectivity index (χ4v) is 4.05. The second-order valence-electron chi connectivity index (χ2n) is 5.57. The van der Waals surface area contributed by atoms with E-state index < -0.39 is 0 Å². The third-order valence-electron chi connectivity index (χ3n) is 3.72. The van der Waals surface area contributed by atoms with Gasteiger partial charge in [0.1, 0.15) is 0 Å². The molecule has 0 bridgehead atoms. The van der Waals surface area contributed by atoms with E-state index in [4.69, 9.17) is 0 Å². The van der Waals surface area contributed by atoms with E-state index in [0.29, 0.717) is 23.4 Å². The SMILES string of the molecule is CC1CCCN(C(=O)CSc2nnnn2Cc2cccs2)C1. The van der Waals surface area contributed by atoms with E-state index in [1.165, 1.54) is 23.1 Å². The molecular weight excluding hydrogens is 318 g/mol. The fourth-order valence-electron chi connectivity index (χ4n) is 2.58. The summed E-state index contributed by atoms with van der Waals surface area (Å²) in [4.78, 5) is 15.5. The van der Waals surface area contributed by atoms with E-state index in [2.05, 4.69) is 28.5 Å². The van der Waals surface area contributed by atoms with Gasteiger partial charge >= 0.3 is 0 Å². The molecule has 0 aliphatic carbocycles. The van der Waals surface area contributed by atoms with Gasteiger partial charge < -0.3 is 4.90 Å². The maximum Gasteiger partial charge on any atom is 0.233 e. The number of piperidine rings is 1. The van der Waals surface area contributed by atoms with Gasteiger partial charge in [0.05, 0.1) is 12.3 Å². The Hall–Kier alpha value is -1.41. The maximum atomic E-state index is 12.3. The molecule has 22 heavy (non-hydrogen) atoms. The number of hydrogen-bond acceptors (Lipinski definition) is 6. The molecule has 1 fully saturated rings. The van der Waals surface area contributed by atoms with Crippen molar-refractivity contribution >= 4 is 29.0 Å². The Balaban J connectivity index is 1.55. The number of rotatable bonds is 5. The van der Waals surface area contributed by atoms with Crippen LogP contribution in [0.1, 0.15) is 24.6 Å². The molecule has 1 saturated heterocycles. The summed E-state index contributed by atoms with van der Waals surface area (Å²) in [5.74, 6) is 1.19. The van der Waals surface area contributed by atoms with E-state index >= 15 is 0 Å². The monoisotopic (exact) mass is 337 g/mol. The number of likely N-dealkylation sites (tertiary alicyclic amines) is 1. The van der Waals surface area contributed by atoms with Gasteiger partial charge in [-0.2, -0.15) is 0 Å². The average molecular weight is 337 g/mol. The van der Waals surface area contributed by atoms with E-state index in [1.807, 2.05) is 16.3 Å². The van der Waals surface area contributed by atoms with Crippen molar-refractivity contribution in [3.63, 3.8) is 0 Å². The molecule has 0 saturated carbocycles. The second-order valence-corrected chi connectivity index (χ2v) is 7.55. The zero-order valence-corrected chi connectivity index (χ0v) is 14.1. The summed E-state index contributed by atoms with van der Waals surface area (Å²) < 4.78 is 1.75. The lowest BCUT2D eigenvalue weighted by atomic mass is 10.0. The van der Waals surface area contributed by atoms with Crippen LogP contribution in [0, 0.1) is 5.92 Å². The minimum absolute atomic E-state index is 0.183. The van der Waals surface area contributed by atoms with Crippen LogP contribution >= 0.6 is 23.1 Å². The van der Waals surface area contributed by atoms with Crippen molar-refractivity contribution in [1.82, 2.24) is 25.1 Å². The van der Waals surface area contributed by atoms with Crippen molar-refractivity contribution < 1.29 is 4.79 Å². The van der Waals surface area contributed by atoms with Gasteiger partial charge in [0.25, 0.3) is 0 Å². The van der Waals surface area contributed by atoms with E-state index in [0.717, 1.165) is 19.5 Å². The molecule has 1 aliphatic heterocycles. The topological polar surface area (TPSA) is 63.9 Å². The van der Waals surface area contributed by atoms with Crippen LogP contribution in [-0.2, 0) is 11.3 Å². The molecule has 1 amide bonds. The highest BCUT2D eigenvalue weighted by Crippen LogP contribution is 2.20. The first-order chi connectivity index (χ1) is 10.7. The molecule has 1 unspecified atom stereocenters. The van der Waals surface area contributed by atoms with Crippen molar-refractivity contribution in [3.8, 4) is 0 Å². The van der Waals surface area contributed by atoms with Crippen LogP contribution in [-0.4, -0.2) is 49.9 Å². The number of carbonyl (C=O) groups excluding carboxylic acids is 1. The number of hydrogen-bond donors (Lipinski definition) is 0. The molecule has 2 aromatic heterocycles. The largest absolute Gasteiger partial charge is 0.342 e. The maximum absolute atomic E-state index is 12.3. The van der Waals surface area contributed by atoms with Gasteiger partial charge in [-0.05, 0) is 40.6 Å². The lowest BCUT2D eigenvalue weighted by Crippen LogP contribution is -2.40. The molecule has 0 aromatic carbocycles. The summed E-state index contributed by atoms with van der Waals surface area (Å²) in [7, 11) is 0. The normalized spacial score (nSPS) is 18.6. The first-order valence-electron chi connectivity index (χ1n) is 7.41. The van der Waals surface area contributed by atoms with Gasteiger partial charge in [0.15, 0.2) is 0 Å². The van der Waals surface area contributed by atoms with Crippen molar-refractivity contribution in [1.29, 1.82) is 0 Å². The molecule has 2 aromatic rings. The fraction of sp³-hybridized carbons (Fsp3) is 0.571. The molecule has 118 valence electrons. The van der Waals surface area contributed by atoms with E-state index in [-0.39, 0.29) is 5.91 Å². The summed E-state index contributed by atoms with van der Waals surface area (Å²) in [6.07, 6.45) is 2.32. The molecule has 3 rings (SSSR count). The Labute approximate surface area is 137 Å². The summed E-state index contributed by atoms with van der Waals surface area (Å²) in [6.45, 7) is 4.61. The molecule has 0 N–H and O–H groups in total. The predicted molar refractivity (Wildman–Crippen MR) is 86.9 cm³/mol. The Morgan fingerprint density at radius 1 is 1.55 bits per heavy atom. The van der Waals surface area contributed by atoms with Crippen LogP contribution in [0.5, 0.6) is 0 Å². The molecule has 3 heterocycles. The van der Waals surface area contributed by atoms with Crippen molar-refractivity contribution in [2.45, 2.75) is 31.5 Å². The highest BCUT2D eigenvalue weighted by molar-refractivity contribution is 7.99. The molecular formula is C14H19N5OS2. The Morgan fingerprint density at radius 2 is 2.45 bits per heavy atom. The first kappa shape index (κ1) is 15.5. The Morgan fingerprint density at radius 3 is 3.23 bits per heavy atom. The molecule has 1 aliphatic rings. The lowest BCUT2D eigenvalue weighted by Gasteiger charge is -2.30. The number of amides is 1. The van der Waals surface area contributed by atoms with Crippen molar-refractivity contribution in [2.75, 3.05) is 18.8 Å². The number of thioether (sulfide) groups is 1. The van der Waals surface area contributed by atoms with Gasteiger partial charge in [-0.3, -0.25) is 4.79 Å². The first-order valence-corrected chi connectivity index (χ1v) is 9.28. The van der Waals surface area contributed by atoms with Gasteiger partial charge in [-0.25, -0.2) is 4.68 Å². The van der Waals surface area contributed by atoms with Gasteiger partial charge in [-0.1, -0.05) is 24.8 Å². The number of thiophene rings is 1. The van der Waals surface area contributed by atoms with Crippen LogP contribution in [0.3, 0.4) is 0 Å². The highest BCUT2D eigenvalue weighted by atomic mass is 32.2. The van der Waals surface area contributed by atoms with Crippen LogP contribution in [0.15, 0.2) is 22.7 Å². The second kappa shape index (κ2) is 7.23. The van der Waals surface area contributed by atoms with Crippen molar-refractivity contribution in [3.05, 3.63) is 22.4 Å². The summed E-state index contributed by atoms with van der Waals surface area (Å²) in [5.41, 5.74) is 0. The standard InChI is InChI=1S/C14H19N5OS2/c1-11-4-2-6-18(8-11)13(20)10-22-14-15-16-17-19(14)9-12-5-3-7-21-12/h3,5,7,11H,2,4,6,8-10H2,1H3. The lowest BCUT2D eigenvalue weighted by molar-refractivity contribution is -0.130.